The molecule has 0 saturated heterocycles. The Labute approximate surface area is 57.5 Å². The standard InChI is InChI=1S/C3H4N2.C2H5Br/c1-2-5-3-4-1;1-2-3/h1-3H,(H,4,5);2H2,1H3. The van der Waals surface area contributed by atoms with Crippen LogP contribution in [0.1, 0.15) is 6.92 Å². The van der Waals surface area contributed by atoms with Crippen molar-refractivity contribution in [2.75, 3.05) is 5.33 Å². The van der Waals surface area contributed by atoms with Crippen molar-refractivity contribution in [2.45, 2.75) is 6.92 Å². The molecule has 2 nitrogen and oxygen atoms in total. The summed E-state index contributed by atoms with van der Waals surface area (Å²) in [6.45, 7) is 2.04. The summed E-state index contributed by atoms with van der Waals surface area (Å²) in [5.74, 6) is 0. The van der Waals surface area contributed by atoms with Gasteiger partial charge in [-0.1, -0.05) is 22.9 Å². The highest BCUT2D eigenvalue weighted by molar-refractivity contribution is 9.09. The molecule has 1 aromatic heterocycles. The third kappa shape index (κ3) is 5.69. The van der Waals surface area contributed by atoms with Crippen molar-refractivity contribution >= 4 is 15.9 Å². The lowest BCUT2D eigenvalue weighted by Crippen LogP contribution is -1.44. The Bertz CT molecular complexity index is 77.3. The molecule has 1 aromatic rings. The molecule has 0 bridgehead atoms. The highest BCUT2D eigenvalue weighted by Gasteiger charge is 1.56. The van der Waals surface area contributed by atoms with Gasteiger partial charge in [0.25, 0.3) is 0 Å². The van der Waals surface area contributed by atoms with Crippen LogP contribution in [-0.2, 0) is 0 Å². The Morgan fingerprint density at radius 1 is 1.75 bits per heavy atom. The fraction of sp³-hybridized carbons (Fsp3) is 0.400. The predicted octanol–water partition coefficient (Wildman–Crippen LogP) is 1.81. The van der Waals surface area contributed by atoms with Crippen molar-refractivity contribution in [3.63, 3.8) is 0 Å². The van der Waals surface area contributed by atoms with Gasteiger partial charge in [0.1, 0.15) is 0 Å². The van der Waals surface area contributed by atoms with Crippen LogP contribution in [0.3, 0.4) is 0 Å². The van der Waals surface area contributed by atoms with Crippen molar-refractivity contribution in [1.82, 2.24) is 9.97 Å². The molecular formula is C5H9BrN2. The summed E-state index contributed by atoms with van der Waals surface area (Å²) in [5.41, 5.74) is 0. The molecule has 1 heterocycles. The van der Waals surface area contributed by atoms with Gasteiger partial charge in [-0.2, -0.15) is 0 Å². The van der Waals surface area contributed by atoms with E-state index in [0.717, 1.165) is 5.33 Å². The van der Waals surface area contributed by atoms with Crippen LogP contribution < -0.4 is 0 Å². The molecule has 0 aromatic carbocycles. The van der Waals surface area contributed by atoms with Crippen LogP contribution >= 0.6 is 15.9 Å². The average molecular weight is 177 g/mol. The topological polar surface area (TPSA) is 28.7 Å². The molecule has 0 atom stereocenters. The van der Waals surface area contributed by atoms with Crippen LogP contribution in [0, 0.1) is 0 Å². The Hall–Kier alpha value is -0.310. The Morgan fingerprint density at radius 2 is 2.38 bits per heavy atom. The van der Waals surface area contributed by atoms with Gasteiger partial charge < -0.3 is 4.98 Å². The van der Waals surface area contributed by atoms with Gasteiger partial charge in [0.2, 0.25) is 0 Å². The van der Waals surface area contributed by atoms with Gasteiger partial charge in [0, 0.05) is 17.7 Å². The number of H-pyrrole nitrogens is 1. The first-order valence-corrected chi connectivity index (χ1v) is 3.52. The third-order valence-corrected chi connectivity index (χ3v) is 0.406. The first-order chi connectivity index (χ1) is 3.91. The molecule has 0 spiro atoms. The summed E-state index contributed by atoms with van der Waals surface area (Å²) < 4.78 is 0. The number of halogens is 1. The highest BCUT2D eigenvalue weighted by Crippen LogP contribution is 1.67. The van der Waals surface area contributed by atoms with Crippen LogP contribution in [0.5, 0.6) is 0 Å². The summed E-state index contributed by atoms with van der Waals surface area (Å²) in [7, 11) is 0. The van der Waals surface area contributed by atoms with E-state index in [1.807, 2.05) is 6.92 Å². The van der Waals surface area contributed by atoms with E-state index in [1.165, 1.54) is 0 Å². The number of imidazole rings is 1. The van der Waals surface area contributed by atoms with E-state index >= 15 is 0 Å². The maximum atomic E-state index is 3.67. The largest absolute Gasteiger partial charge is 0.351 e. The number of hydrogen-bond acceptors (Lipinski definition) is 1. The zero-order chi connectivity index (χ0) is 6.24. The Balaban J connectivity index is 0.000000145. The molecule has 0 saturated carbocycles. The molecule has 3 heteroatoms. The summed E-state index contributed by atoms with van der Waals surface area (Å²) in [6.07, 6.45) is 5.08. The number of nitrogens with zero attached hydrogens (tertiary/aromatic N) is 1. The third-order valence-electron chi connectivity index (χ3n) is 0.406. The average Bonchev–Trinajstić information content (AvgIpc) is 2.17. The summed E-state index contributed by atoms with van der Waals surface area (Å²) in [4.78, 5) is 6.42. The minimum Gasteiger partial charge on any atom is -0.351 e. The van der Waals surface area contributed by atoms with Crippen LogP contribution in [0.15, 0.2) is 18.7 Å². The molecule has 0 fully saturated rings. The monoisotopic (exact) mass is 176 g/mol. The summed E-state index contributed by atoms with van der Waals surface area (Å²) >= 11 is 3.15. The van der Waals surface area contributed by atoms with Gasteiger partial charge in [-0.05, 0) is 0 Å². The van der Waals surface area contributed by atoms with Crippen molar-refractivity contribution in [2.24, 2.45) is 0 Å². The second kappa shape index (κ2) is 6.69. The van der Waals surface area contributed by atoms with E-state index in [0.29, 0.717) is 0 Å². The first-order valence-electron chi connectivity index (χ1n) is 2.40. The fourth-order valence-corrected chi connectivity index (χ4v) is 0.215. The summed E-state index contributed by atoms with van der Waals surface area (Å²) in [6, 6.07) is 0. The van der Waals surface area contributed by atoms with E-state index in [4.69, 9.17) is 0 Å². The molecule has 8 heavy (non-hydrogen) atoms. The SMILES string of the molecule is CCBr.c1c[nH]cn1. The van der Waals surface area contributed by atoms with Gasteiger partial charge in [-0.25, -0.2) is 4.98 Å². The van der Waals surface area contributed by atoms with Gasteiger partial charge in [-0.15, -0.1) is 0 Å². The van der Waals surface area contributed by atoms with E-state index < -0.39 is 0 Å². The normalized spacial score (nSPS) is 7.25. The minimum absolute atomic E-state index is 1.06. The van der Waals surface area contributed by atoms with Crippen molar-refractivity contribution in [1.29, 1.82) is 0 Å². The molecule has 0 aliphatic carbocycles. The first kappa shape index (κ1) is 7.69. The van der Waals surface area contributed by atoms with Crippen molar-refractivity contribution in [3.05, 3.63) is 18.7 Å². The Kier molecular flexibility index (Phi) is 6.43. The van der Waals surface area contributed by atoms with E-state index in [2.05, 4.69) is 25.9 Å². The fourth-order valence-electron chi connectivity index (χ4n) is 0.215. The van der Waals surface area contributed by atoms with Gasteiger partial charge in [0.05, 0.1) is 6.33 Å². The number of aromatic amines is 1. The molecule has 0 unspecified atom stereocenters. The van der Waals surface area contributed by atoms with Crippen molar-refractivity contribution < 1.29 is 0 Å². The van der Waals surface area contributed by atoms with E-state index in [-0.39, 0.29) is 0 Å². The van der Waals surface area contributed by atoms with E-state index in [1.54, 1.807) is 18.7 Å². The number of hydrogen-bond donors (Lipinski definition) is 1. The lowest BCUT2D eigenvalue weighted by Gasteiger charge is -1.46. The highest BCUT2D eigenvalue weighted by atomic mass is 79.9. The maximum Gasteiger partial charge on any atom is 0.0919 e. The van der Waals surface area contributed by atoms with Crippen LogP contribution in [-0.4, -0.2) is 15.3 Å². The molecule has 1 N–H and O–H groups in total. The van der Waals surface area contributed by atoms with E-state index in [9.17, 15) is 0 Å². The van der Waals surface area contributed by atoms with Crippen molar-refractivity contribution in [3.8, 4) is 0 Å². The van der Waals surface area contributed by atoms with Gasteiger partial charge in [0.15, 0.2) is 0 Å². The maximum absolute atomic E-state index is 3.67. The van der Waals surface area contributed by atoms with Crippen LogP contribution in [0.4, 0.5) is 0 Å². The second-order valence-electron chi connectivity index (χ2n) is 1.03. The Morgan fingerprint density at radius 3 is 2.50 bits per heavy atom. The minimum atomic E-state index is 1.06. The zero-order valence-corrected chi connectivity index (χ0v) is 6.35. The lowest BCUT2D eigenvalue weighted by molar-refractivity contribution is 1.31. The smallest absolute Gasteiger partial charge is 0.0919 e. The number of nitrogens with one attached hydrogen (secondary N) is 1. The predicted molar refractivity (Wildman–Crippen MR) is 38.1 cm³/mol. The van der Waals surface area contributed by atoms with Crippen LogP contribution in [0.25, 0.3) is 0 Å². The molecule has 0 aliphatic rings. The quantitative estimate of drug-likeness (QED) is 0.601. The number of alkyl halides is 1. The zero-order valence-electron chi connectivity index (χ0n) is 4.76. The summed E-state index contributed by atoms with van der Waals surface area (Å²) in [5, 5.41) is 1.06. The number of aromatic nitrogens is 2. The van der Waals surface area contributed by atoms with Gasteiger partial charge >= 0.3 is 0 Å². The number of rotatable bonds is 0. The lowest BCUT2D eigenvalue weighted by atomic mass is 11.0. The van der Waals surface area contributed by atoms with Crippen LogP contribution in [0.2, 0.25) is 0 Å². The second-order valence-corrected chi connectivity index (χ2v) is 2.15. The molecule has 0 radical (unpaired) electrons. The molecule has 0 amide bonds. The molecular weight excluding hydrogens is 168 g/mol. The van der Waals surface area contributed by atoms with Gasteiger partial charge in [-0.3, -0.25) is 0 Å². The molecule has 0 aliphatic heterocycles. The molecule has 1 rings (SSSR count). The molecule has 46 valence electrons.